The van der Waals surface area contributed by atoms with E-state index >= 15 is 0 Å². The van der Waals surface area contributed by atoms with Crippen LogP contribution in [0.1, 0.15) is 33.1 Å². The van der Waals surface area contributed by atoms with Crippen molar-refractivity contribution in [2.75, 3.05) is 59.3 Å². The highest BCUT2D eigenvalue weighted by atomic mass is 16.7. The van der Waals surface area contributed by atoms with E-state index in [9.17, 15) is 0 Å². The summed E-state index contributed by atoms with van der Waals surface area (Å²) in [6.07, 6.45) is 3.35. The molecule has 3 atom stereocenters. The third kappa shape index (κ3) is 8.42. The van der Waals surface area contributed by atoms with Crippen LogP contribution >= 0.6 is 0 Å². The molecule has 0 amide bonds. The fourth-order valence-electron chi connectivity index (χ4n) is 2.60. The van der Waals surface area contributed by atoms with Gasteiger partial charge in [-0.05, 0) is 32.4 Å². The highest BCUT2D eigenvalue weighted by Gasteiger charge is 2.24. The standard InChI is InChI=1S/C17H33NO5/c1-3-18(4-2)8-10-19-12-16(13-20-11-15-14-22-15)23-17-7-5-6-9-21-17/h15-17H,3-14H2,1-2H3. The van der Waals surface area contributed by atoms with E-state index in [2.05, 4.69) is 18.7 Å². The van der Waals surface area contributed by atoms with Gasteiger partial charge in [-0.25, -0.2) is 0 Å². The van der Waals surface area contributed by atoms with Crippen LogP contribution in [-0.2, 0) is 23.7 Å². The summed E-state index contributed by atoms with van der Waals surface area (Å²) in [5.74, 6) is 0. The summed E-state index contributed by atoms with van der Waals surface area (Å²) in [6.45, 7) is 11.5. The van der Waals surface area contributed by atoms with Gasteiger partial charge in [0.05, 0.1) is 33.0 Å². The van der Waals surface area contributed by atoms with Gasteiger partial charge in [-0.3, -0.25) is 0 Å². The summed E-state index contributed by atoms with van der Waals surface area (Å²) < 4.78 is 28.3. The number of likely N-dealkylation sites (N-methyl/N-ethyl adjacent to an activating group) is 1. The fraction of sp³-hybridized carbons (Fsp3) is 1.00. The lowest BCUT2D eigenvalue weighted by Crippen LogP contribution is -2.35. The molecule has 2 heterocycles. The van der Waals surface area contributed by atoms with Crippen molar-refractivity contribution < 1.29 is 23.7 Å². The van der Waals surface area contributed by atoms with Crippen molar-refractivity contribution in [2.24, 2.45) is 0 Å². The van der Waals surface area contributed by atoms with E-state index in [1.165, 1.54) is 0 Å². The molecule has 0 aromatic heterocycles. The summed E-state index contributed by atoms with van der Waals surface area (Å²) in [5, 5.41) is 0. The Bertz CT molecular complexity index is 291. The molecular formula is C17H33NO5. The van der Waals surface area contributed by atoms with Crippen LogP contribution in [0.5, 0.6) is 0 Å². The third-order valence-electron chi connectivity index (χ3n) is 4.24. The second-order valence-electron chi connectivity index (χ2n) is 6.15. The number of nitrogens with zero attached hydrogens (tertiary/aromatic N) is 1. The molecule has 0 aromatic rings. The van der Waals surface area contributed by atoms with Gasteiger partial charge in [0, 0.05) is 13.2 Å². The molecule has 0 aliphatic carbocycles. The van der Waals surface area contributed by atoms with Crippen molar-refractivity contribution in [2.45, 2.75) is 51.6 Å². The third-order valence-corrected chi connectivity index (χ3v) is 4.24. The van der Waals surface area contributed by atoms with Crippen LogP contribution in [0.15, 0.2) is 0 Å². The highest BCUT2D eigenvalue weighted by Crippen LogP contribution is 2.16. The van der Waals surface area contributed by atoms with E-state index < -0.39 is 0 Å². The van der Waals surface area contributed by atoms with Crippen molar-refractivity contribution in [1.82, 2.24) is 4.90 Å². The maximum absolute atomic E-state index is 6.03. The number of ether oxygens (including phenoxy) is 5. The van der Waals surface area contributed by atoms with Gasteiger partial charge in [0.2, 0.25) is 0 Å². The molecule has 3 unspecified atom stereocenters. The van der Waals surface area contributed by atoms with E-state index in [0.29, 0.717) is 19.8 Å². The quantitative estimate of drug-likeness (QED) is 0.378. The van der Waals surface area contributed by atoms with Gasteiger partial charge in [-0.1, -0.05) is 13.8 Å². The molecule has 0 aromatic carbocycles. The zero-order valence-corrected chi connectivity index (χ0v) is 14.7. The number of hydrogen-bond donors (Lipinski definition) is 0. The average molecular weight is 331 g/mol. The SMILES string of the molecule is CCN(CC)CCOCC(COCC1CO1)OC1CCCCO1. The molecule has 136 valence electrons. The lowest BCUT2D eigenvalue weighted by atomic mass is 10.2. The Kier molecular flexibility index (Phi) is 9.41. The Morgan fingerprint density at radius 2 is 1.87 bits per heavy atom. The van der Waals surface area contributed by atoms with Crippen molar-refractivity contribution in [3.05, 3.63) is 0 Å². The average Bonchev–Trinajstić information content (AvgIpc) is 3.40. The molecule has 6 nitrogen and oxygen atoms in total. The monoisotopic (exact) mass is 331 g/mol. The number of epoxide rings is 1. The maximum Gasteiger partial charge on any atom is 0.158 e. The topological polar surface area (TPSA) is 52.7 Å². The first-order chi connectivity index (χ1) is 11.3. The fourth-order valence-corrected chi connectivity index (χ4v) is 2.60. The van der Waals surface area contributed by atoms with Gasteiger partial charge < -0.3 is 28.6 Å². The van der Waals surface area contributed by atoms with Crippen molar-refractivity contribution in [3.8, 4) is 0 Å². The molecule has 2 aliphatic rings. The van der Waals surface area contributed by atoms with E-state index in [-0.39, 0.29) is 18.5 Å². The molecule has 2 aliphatic heterocycles. The van der Waals surface area contributed by atoms with Crippen LogP contribution in [0.2, 0.25) is 0 Å². The van der Waals surface area contributed by atoms with Crippen LogP contribution in [-0.4, -0.2) is 82.7 Å². The summed E-state index contributed by atoms with van der Waals surface area (Å²) in [4.78, 5) is 2.35. The van der Waals surface area contributed by atoms with Crippen LogP contribution in [0.3, 0.4) is 0 Å². The second kappa shape index (κ2) is 11.3. The minimum absolute atomic E-state index is 0.0754. The Balaban J connectivity index is 1.63. The van der Waals surface area contributed by atoms with Crippen molar-refractivity contribution >= 4 is 0 Å². The van der Waals surface area contributed by atoms with Crippen LogP contribution < -0.4 is 0 Å². The molecule has 0 N–H and O–H groups in total. The van der Waals surface area contributed by atoms with Crippen LogP contribution in [0.4, 0.5) is 0 Å². The molecular weight excluding hydrogens is 298 g/mol. The second-order valence-corrected chi connectivity index (χ2v) is 6.15. The van der Waals surface area contributed by atoms with E-state index in [0.717, 1.165) is 58.7 Å². The van der Waals surface area contributed by atoms with Gasteiger partial charge in [-0.15, -0.1) is 0 Å². The summed E-state index contributed by atoms with van der Waals surface area (Å²) >= 11 is 0. The van der Waals surface area contributed by atoms with Gasteiger partial charge >= 0.3 is 0 Å². The van der Waals surface area contributed by atoms with Gasteiger partial charge in [0.15, 0.2) is 6.29 Å². The van der Waals surface area contributed by atoms with E-state index in [1.807, 2.05) is 0 Å². The first-order valence-corrected chi connectivity index (χ1v) is 9.08. The minimum Gasteiger partial charge on any atom is -0.377 e. The summed E-state index contributed by atoms with van der Waals surface area (Å²) in [7, 11) is 0. The Hall–Kier alpha value is -0.240. The smallest absolute Gasteiger partial charge is 0.158 e. The minimum atomic E-state index is -0.110. The molecule has 0 radical (unpaired) electrons. The predicted molar refractivity (Wildman–Crippen MR) is 87.6 cm³/mol. The van der Waals surface area contributed by atoms with E-state index in [1.54, 1.807) is 0 Å². The highest BCUT2D eigenvalue weighted by molar-refractivity contribution is 4.68. The van der Waals surface area contributed by atoms with Crippen molar-refractivity contribution in [1.29, 1.82) is 0 Å². The van der Waals surface area contributed by atoms with Gasteiger partial charge in [0.25, 0.3) is 0 Å². The Morgan fingerprint density at radius 3 is 2.52 bits per heavy atom. The first-order valence-electron chi connectivity index (χ1n) is 9.08. The lowest BCUT2D eigenvalue weighted by Gasteiger charge is -2.28. The Labute approximate surface area is 140 Å². The molecule has 0 bridgehead atoms. The van der Waals surface area contributed by atoms with Crippen LogP contribution in [0.25, 0.3) is 0 Å². The number of hydrogen-bond acceptors (Lipinski definition) is 6. The largest absolute Gasteiger partial charge is 0.377 e. The molecule has 0 saturated carbocycles. The molecule has 2 rings (SSSR count). The predicted octanol–water partition coefficient (Wildman–Crippen LogP) is 1.67. The Morgan fingerprint density at radius 1 is 1.09 bits per heavy atom. The number of rotatable bonds is 13. The summed E-state index contributed by atoms with van der Waals surface area (Å²) in [6, 6.07) is 0. The van der Waals surface area contributed by atoms with Crippen molar-refractivity contribution in [3.63, 3.8) is 0 Å². The normalized spacial score (nSPS) is 25.7. The lowest BCUT2D eigenvalue weighted by molar-refractivity contribution is -0.208. The molecule has 6 heteroatoms. The maximum atomic E-state index is 6.03. The first kappa shape index (κ1) is 19.1. The van der Waals surface area contributed by atoms with E-state index in [4.69, 9.17) is 23.7 Å². The van der Waals surface area contributed by atoms with Gasteiger partial charge in [-0.2, -0.15) is 0 Å². The molecule has 2 saturated heterocycles. The molecule has 2 fully saturated rings. The summed E-state index contributed by atoms with van der Waals surface area (Å²) in [5.41, 5.74) is 0. The van der Waals surface area contributed by atoms with Gasteiger partial charge in [0.1, 0.15) is 12.2 Å². The zero-order chi connectivity index (χ0) is 16.3. The zero-order valence-electron chi connectivity index (χ0n) is 14.7. The molecule has 23 heavy (non-hydrogen) atoms. The van der Waals surface area contributed by atoms with Crippen LogP contribution in [0, 0.1) is 0 Å². The molecule has 0 spiro atoms.